The number of likely N-dealkylation sites (tertiary alicyclic amines) is 1. The molecule has 0 aliphatic carbocycles. The topological polar surface area (TPSA) is 54.3 Å². The number of hydrogen-bond donors (Lipinski definition) is 1. The van der Waals surface area contributed by atoms with E-state index >= 15 is 0 Å². The monoisotopic (exact) mass is 449 g/mol. The average Bonchev–Trinajstić information content (AvgIpc) is 3.16. The fraction of sp³-hybridized carbons (Fsp3) is 0.385. The number of aromatic nitrogens is 1. The molecule has 0 spiro atoms. The number of hydrogen-bond acceptors (Lipinski definition) is 3. The van der Waals surface area contributed by atoms with Crippen molar-refractivity contribution in [2.24, 2.45) is 5.92 Å². The fourth-order valence-corrected chi connectivity index (χ4v) is 5.07. The maximum atomic E-state index is 12.9. The Labute approximate surface area is 194 Å². The standard InChI is InChI=1S/C26H31N3O2S/c1-20-12-15-28(16-13-20)26(31)18-29-17-24(22-9-5-6-10-23(22)29)32-19-25(30)27-14-11-21-7-3-2-4-8-21/h2-10,17,20H,11-16,18-19H2,1H3,(H,27,30). The van der Waals surface area contributed by atoms with Crippen LogP contribution in [0.2, 0.25) is 0 Å². The molecule has 0 unspecified atom stereocenters. The van der Waals surface area contributed by atoms with Gasteiger partial charge in [-0.2, -0.15) is 0 Å². The van der Waals surface area contributed by atoms with Gasteiger partial charge < -0.3 is 14.8 Å². The van der Waals surface area contributed by atoms with Crippen LogP contribution >= 0.6 is 11.8 Å². The summed E-state index contributed by atoms with van der Waals surface area (Å²) in [5, 5.41) is 4.10. The first-order chi connectivity index (χ1) is 15.6. The van der Waals surface area contributed by atoms with Crippen molar-refractivity contribution < 1.29 is 9.59 Å². The van der Waals surface area contributed by atoms with E-state index in [1.54, 1.807) is 0 Å². The van der Waals surface area contributed by atoms with Crippen molar-refractivity contribution in [1.82, 2.24) is 14.8 Å². The molecule has 1 fully saturated rings. The highest BCUT2D eigenvalue weighted by atomic mass is 32.2. The summed E-state index contributed by atoms with van der Waals surface area (Å²) in [6.07, 6.45) is 5.02. The maximum Gasteiger partial charge on any atom is 0.242 e. The number of carbonyl (C=O) groups excluding carboxylic acids is 2. The molecule has 1 aliphatic heterocycles. The Kier molecular flexibility index (Phi) is 7.53. The van der Waals surface area contributed by atoms with E-state index in [4.69, 9.17) is 0 Å². The molecule has 0 atom stereocenters. The average molecular weight is 450 g/mol. The Morgan fingerprint density at radius 2 is 1.75 bits per heavy atom. The minimum Gasteiger partial charge on any atom is -0.355 e. The molecule has 2 amide bonds. The van der Waals surface area contributed by atoms with Crippen LogP contribution in [0.5, 0.6) is 0 Å². The number of thioether (sulfide) groups is 1. The van der Waals surface area contributed by atoms with Gasteiger partial charge >= 0.3 is 0 Å². The minimum absolute atomic E-state index is 0.0290. The maximum absolute atomic E-state index is 12.9. The molecule has 3 aromatic rings. The molecule has 0 saturated carbocycles. The Balaban J connectivity index is 1.34. The summed E-state index contributed by atoms with van der Waals surface area (Å²) in [6.45, 7) is 4.93. The number of piperidine rings is 1. The number of para-hydroxylation sites is 1. The van der Waals surface area contributed by atoms with Gasteiger partial charge in [0.15, 0.2) is 0 Å². The van der Waals surface area contributed by atoms with E-state index in [2.05, 4.69) is 30.4 Å². The lowest BCUT2D eigenvalue weighted by atomic mass is 9.99. The predicted octanol–water partition coefficient (Wildman–Crippen LogP) is 4.35. The van der Waals surface area contributed by atoms with Crippen molar-refractivity contribution in [1.29, 1.82) is 0 Å². The van der Waals surface area contributed by atoms with Gasteiger partial charge in [-0.05, 0) is 36.8 Å². The molecule has 0 bridgehead atoms. The van der Waals surface area contributed by atoms with E-state index in [0.717, 1.165) is 48.2 Å². The lowest BCUT2D eigenvalue weighted by Crippen LogP contribution is -2.39. The highest BCUT2D eigenvalue weighted by Crippen LogP contribution is 2.30. The fourth-order valence-electron chi connectivity index (χ4n) is 4.15. The van der Waals surface area contributed by atoms with Gasteiger partial charge in [-0.3, -0.25) is 9.59 Å². The molecule has 0 radical (unpaired) electrons. The van der Waals surface area contributed by atoms with Crippen LogP contribution in [-0.2, 0) is 22.6 Å². The molecule has 4 rings (SSSR count). The second-order valence-electron chi connectivity index (χ2n) is 8.58. The lowest BCUT2D eigenvalue weighted by molar-refractivity contribution is -0.133. The third-order valence-corrected chi connectivity index (χ3v) is 7.17. The molecule has 6 heteroatoms. The van der Waals surface area contributed by atoms with E-state index in [1.165, 1.54) is 17.3 Å². The first-order valence-corrected chi connectivity index (χ1v) is 12.4. The van der Waals surface area contributed by atoms with Gasteiger partial charge in [0.05, 0.1) is 5.75 Å². The quantitative estimate of drug-likeness (QED) is 0.520. The summed E-state index contributed by atoms with van der Waals surface area (Å²) in [7, 11) is 0. The number of nitrogens with one attached hydrogen (secondary N) is 1. The molecule has 1 aliphatic rings. The zero-order valence-electron chi connectivity index (χ0n) is 18.6. The summed E-state index contributed by atoms with van der Waals surface area (Å²) in [6, 6.07) is 18.3. The van der Waals surface area contributed by atoms with E-state index in [-0.39, 0.29) is 11.8 Å². The van der Waals surface area contributed by atoms with Crippen molar-refractivity contribution >= 4 is 34.5 Å². The molecule has 1 aromatic heterocycles. The summed E-state index contributed by atoms with van der Waals surface area (Å²) < 4.78 is 2.03. The molecular formula is C26H31N3O2S. The van der Waals surface area contributed by atoms with Crippen LogP contribution in [0.1, 0.15) is 25.3 Å². The number of fused-ring (bicyclic) bond motifs is 1. The first kappa shape index (κ1) is 22.5. The van der Waals surface area contributed by atoms with Crippen LogP contribution in [0.25, 0.3) is 10.9 Å². The largest absolute Gasteiger partial charge is 0.355 e. The number of benzene rings is 2. The zero-order valence-corrected chi connectivity index (χ0v) is 19.4. The van der Waals surface area contributed by atoms with Gasteiger partial charge in [0.25, 0.3) is 0 Å². The molecule has 2 heterocycles. The Morgan fingerprint density at radius 3 is 2.53 bits per heavy atom. The van der Waals surface area contributed by atoms with Crippen LogP contribution in [-0.4, -0.2) is 46.7 Å². The number of carbonyl (C=O) groups is 2. The molecule has 1 N–H and O–H groups in total. The van der Waals surface area contributed by atoms with Gasteiger partial charge in [-0.15, -0.1) is 11.8 Å². The highest BCUT2D eigenvalue weighted by Gasteiger charge is 2.21. The SMILES string of the molecule is CC1CCN(C(=O)Cn2cc(SCC(=O)NCCc3ccccc3)c3ccccc32)CC1. The van der Waals surface area contributed by atoms with Gasteiger partial charge in [0, 0.05) is 41.6 Å². The highest BCUT2D eigenvalue weighted by molar-refractivity contribution is 8.00. The van der Waals surface area contributed by atoms with Gasteiger partial charge in [0.2, 0.25) is 11.8 Å². The van der Waals surface area contributed by atoms with Crippen molar-refractivity contribution in [2.45, 2.75) is 37.6 Å². The Bertz CT molecular complexity index is 1060. The third kappa shape index (κ3) is 5.74. The summed E-state index contributed by atoms with van der Waals surface area (Å²) in [5.74, 6) is 1.27. The number of amides is 2. The van der Waals surface area contributed by atoms with Crippen LogP contribution in [0.4, 0.5) is 0 Å². The second-order valence-corrected chi connectivity index (χ2v) is 9.59. The predicted molar refractivity (Wildman–Crippen MR) is 131 cm³/mol. The second kappa shape index (κ2) is 10.7. The van der Waals surface area contributed by atoms with Gasteiger partial charge in [-0.1, -0.05) is 55.5 Å². The van der Waals surface area contributed by atoms with E-state index < -0.39 is 0 Å². The molecule has 168 valence electrons. The van der Waals surface area contributed by atoms with Gasteiger partial charge in [0.1, 0.15) is 6.54 Å². The van der Waals surface area contributed by atoms with Crippen LogP contribution in [0, 0.1) is 5.92 Å². The molecule has 5 nitrogen and oxygen atoms in total. The summed E-state index contributed by atoms with van der Waals surface area (Å²) in [4.78, 5) is 28.3. The minimum atomic E-state index is 0.0290. The Hall–Kier alpha value is -2.73. The lowest BCUT2D eigenvalue weighted by Gasteiger charge is -2.30. The smallest absolute Gasteiger partial charge is 0.242 e. The molecule has 32 heavy (non-hydrogen) atoms. The molecular weight excluding hydrogens is 418 g/mol. The zero-order chi connectivity index (χ0) is 22.3. The van der Waals surface area contributed by atoms with Crippen molar-refractivity contribution in [3.63, 3.8) is 0 Å². The summed E-state index contributed by atoms with van der Waals surface area (Å²) in [5.41, 5.74) is 2.26. The normalized spacial score (nSPS) is 14.6. The third-order valence-electron chi connectivity index (χ3n) is 6.13. The number of rotatable bonds is 8. The first-order valence-electron chi connectivity index (χ1n) is 11.4. The van der Waals surface area contributed by atoms with Crippen LogP contribution < -0.4 is 5.32 Å². The van der Waals surface area contributed by atoms with E-state index in [0.29, 0.717) is 24.8 Å². The molecule has 1 saturated heterocycles. The van der Waals surface area contributed by atoms with Crippen molar-refractivity contribution in [3.05, 3.63) is 66.4 Å². The Morgan fingerprint density at radius 1 is 1.03 bits per heavy atom. The number of nitrogens with zero attached hydrogens (tertiary/aromatic N) is 2. The van der Waals surface area contributed by atoms with Crippen molar-refractivity contribution in [2.75, 3.05) is 25.4 Å². The van der Waals surface area contributed by atoms with Crippen molar-refractivity contribution in [3.8, 4) is 0 Å². The van der Waals surface area contributed by atoms with Crippen LogP contribution in [0.3, 0.4) is 0 Å². The van der Waals surface area contributed by atoms with Crippen LogP contribution in [0.15, 0.2) is 65.7 Å². The van der Waals surface area contributed by atoms with E-state index in [9.17, 15) is 9.59 Å². The van der Waals surface area contributed by atoms with E-state index in [1.807, 2.05) is 52.1 Å². The summed E-state index contributed by atoms with van der Waals surface area (Å²) >= 11 is 1.53. The van der Waals surface area contributed by atoms with Gasteiger partial charge in [-0.25, -0.2) is 0 Å². The molecule has 2 aromatic carbocycles.